The van der Waals surface area contributed by atoms with Gasteiger partial charge >= 0.3 is 0 Å². The van der Waals surface area contributed by atoms with Gasteiger partial charge in [-0.3, -0.25) is 0 Å². The molecule has 0 saturated carbocycles. The van der Waals surface area contributed by atoms with Crippen molar-refractivity contribution in [3.05, 3.63) is 17.7 Å². The Hall–Kier alpha value is -1.31. The minimum Gasteiger partial charge on any atom is -0.399 e. The lowest BCUT2D eigenvalue weighted by Gasteiger charge is -2.25. The predicted molar refractivity (Wildman–Crippen MR) is 85.9 cm³/mol. The second-order valence-electron chi connectivity index (χ2n) is 5.68. The fourth-order valence-electron chi connectivity index (χ4n) is 2.80. The van der Waals surface area contributed by atoms with Crippen LogP contribution < -0.4 is 15.8 Å². The van der Waals surface area contributed by atoms with Gasteiger partial charge in [0.1, 0.15) is 0 Å². The number of anilines is 2. The van der Waals surface area contributed by atoms with Crippen LogP contribution in [0.15, 0.2) is 17.0 Å². The van der Waals surface area contributed by atoms with Crippen LogP contribution in [0.4, 0.5) is 11.4 Å². The van der Waals surface area contributed by atoms with Gasteiger partial charge in [0.2, 0.25) is 10.0 Å². The highest BCUT2D eigenvalue weighted by atomic mass is 32.2. The summed E-state index contributed by atoms with van der Waals surface area (Å²) in [5, 5.41) is 5.26. The first kappa shape index (κ1) is 16.1. The van der Waals surface area contributed by atoms with Crippen molar-refractivity contribution in [2.45, 2.75) is 24.7 Å². The molecule has 0 unspecified atom stereocenters. The lowest BCUT2D eigenvalue weighted by Crippen LogP contribution is -2.32. The highest BCUT2D eigenvalue weighted by Crippen LogP contribution is 2.28. The summed E-state index contributed by atoms with van der Waals surface area (Å²) < 4.78 is 23.3. The van der Waals surface area contributed by atoms with Crippen LogP contribution in [0, 0.1) is 6.92 Å². The quantitative estimate of drug-likeness (QED) is 0.783. The number of rotatable bonds is 5. The molecular formula is C14H24N4O2S. The minimum absolute atomic E-state index is 0.102. The van der Waals surface area contributed by atoms with Crippen LogP contribution in [0.25, 0.3) is 0 Å². The van der Waals surface area contributed by atoms with Crippen LogP contribution in [0.5, 0.6) is 0 Å². The molecule has 0 radical (unpaired) electrons. The second-order valence-corrected chi connectivity index (χ2v) is 7.21. The van der Waals surface area contributed by atoms with E-state index >= 15 is 0 Å². The van der Waals surface area contributed by atoms with Crippen molar-refractivity contribution in [1.82, 2.24) is 4.90 Å². The van der Waals surface area contributed by atoms with E-state index in [2.05, 4.69) is 4.90 Å². The number of hydrogen-bond donors (Lipinski definition) is 2. The number of primary sulfonamides is 1. The minimum atomic E-state index is -3.76. The van der Waals surface area contributed by atoms with Gasteiger partial charge in [0.25, 0.3) is 0 Å². The molecule has 1 fully saturated rings. The molecule has 4 N–H and O–H groups in total. The zero-order chi connectivity index (χ0) is 15.6. The van der Waals surface area contributed by atoms with Crippen LogP contribution in [0.2, 0.25) is 0 Å². The first-order valence-corrected chi connectivity index (χ1v) is 8.70. The molecule has 0 bridgehead atoms. The lowest BCUT2D eigenvalue weighted by molar-refractivity contribution is 0.346. The first-order valence-electron chi connectivity index (χ1n) is 7.15. The maximum absolute atomic E-state index is 11.6. The molecule has 6 nitrogen and oxygen atoms in total. The summed E-state index contributed by atoms with van der Waals surface area (Å²) in [6.45, 7) is 5.85. The van der Waals surface area contributed by atoms with Crippen molar-refractivity contribution < 1.29 is 8.42 Å². The van der Waals surface area contributed by atoms with E-state index in [1.165, 1.54) is 18.9 Å². The highest BCUT2D eigenvalue weighted by Gasteiger charge is 2.18. The van der Waals surface area contributed by atoms with Crippen LogP contribution in [0.1, 0.15) is 18.4 Å². The summed E-state index contributed by atoms with van der Waals surface area (Å²) in [6, 6.07) is 3.22. The molecule has 0 amide bonds. The Kier molecular flexibility index (Phi) is 4.75. The van der Waals surface area contributed by atoms with E-state index in [0.29, 0.717) is 11.3 Å². The van der Waals surface area contributed by atoms with Gasteiger partial charge in [0.05, 0.1) is 4.90 Å². The van der Waals surface area contributed by atoms with Crippen molar-refractivity contribution in [3.8, 4) is 0 Å². The average Bonchev–Trinajstić information content (AvgIpc) is 2.90. The molecule has 0 aliphatic carbocycles. The number of nitrogens with zero attached hydrogens (tertiary/aromatic N) is 2. The van der Waals surface area contributed by atoms with Crippen LogP contribution in [0.3, 0.4) is 0 Å². The molecular weight excluding hydrogens is 288 g/mol. The summed E-state index contributed by atoms with van der Waals surface area (Å²) in [6.07, 6.45) is 2.52. The highest BCUT2D eigenvalue weighted by molar-refractivity contribution is 7.89. The Labute approximate surface area is 126 Å². The molecule has 1 saturated heterocycles. The van der Waals surface area contributed by atoms with Gasteiger partial charge in [0.15, 0.2) is 0 Å². The molecule has 1 aromatic carbocycles. The fraction of sp³-hybridized carbons (Fsp3) is 0.571. The van der Waals surface area contributed by atoms with Crippen molar-refractivity contribution >= 4 is 21.4 Å². The molecule has 7 heteroatoms. The molecule has 0 spiro atoms. The van der Waals surface area contributed by atoms with Gasteiger partial charge in [-0.05, 0) is 50.6 Å². The normalized spacial score (nSPS) is 16.3. The molecule has 0 aromatic heterocycles. The summed E-state index contributed by atoms with van der Waals surface area (Å²) in [5.74, 6) is 0. The smallest absolute Gasteiger partial charge is 0.238 e. The number of likely N-dealkylation sites (N-methyl/N-ethyl adjacent to an activating group) is 1. The van der Waals surface area contributed by atoms with Gasteiger partial charge in [-0.2, -0.15) is 0 Å². The SMILES string of the molecule is Cc1c(N(C)CCN2CCCC2)cc(N)cc1S(N)(=O)=O. The van der Waals surface area contributed by atoms with Crippen molar-refractivity contribution in [2.24, 2.45) is 5.14 Å². The van der Waals surface area contributed by atoms with Crippen molar-refractivity contribution in [2.75, 3.05) is 43.9 Å². The Morgan fingerprint density at radius 2 is 1.90 bits per heavy atom. The molecule has 21 heavy (non-hydrogen) atoms. The number of sulfonamides is 1. The van der Waals surface area contributed by atoms with Crippen molar-refractivity contribution in [1.29, 1.82) is 0 Å². The third-order valence-electron chi connectivity index (χ3n) is 4.02. The molecule has 1 aromatic rings. The molecule has 118 valence electrons. The van der Waals surface area contributed by atoms with E-state index in [0.717, 1.165) is 31.9 Å². The Balaban J connectivity index is 2.20. The molecule has 1 heterocycles. The summed E-state index contributed by atoms with van der Waals surface area (Å²) in [5.41, 5.74) is 7.70. The third kappa shape index (κ3) is 3.87. The standard InChI is InChI=1S/C14H24N4O2S/c1-11-13(9-12(15)10-14(11)21(16,19)20)17(2)7-8-18-5-3-4-6-18/h9-10H,3-8,15H2,1-2H3,(H2,16,19,20). The number of likely N-dealkylation sites (tertiary alicyclic amines) is 1. The van der Waals surface area contributed by atoms with Crippen molar-refractivity contribution in [3.63, 3.8) is 0 Å². The molecule has 0 atom stereocenters. The zero-order valence-electron chi connectivity index (χ0n) is 12.7. The maximum Gasteiger partial charge on any atom is 0.238 e. The van der Waals surface area contributed by atoms with E-state index in [1.807, 2.05) is 11.9 Å². The topological polar surface area (TPSA) is 92.7 Å². The van der Waals surface area contributed by atoms with Gasteiger partial charge < -0.3 is 15.5 Å². The molecule has 2 rings (SSSR count). The zero-order valence-corrected chi connectivity index (χ0v) is 13.5. The Bertz CT molecular complexity index is 610. The second kappa shape index (κ2) is 6.21. The third-order valence-corrected chi connectivity index (χ3v) is 5.06. The van der Waals surface area contributed by atoms with E-state index in [1.54, 1.807) is 13.0 Å². The maximum atomic E-state index is 11.6. The van der Waals surface area contributed by atoms with Gasteiger partial charge in [-0.1, -0.05) is 0 Å². The number of benzene rings is 1. The molecule has 1 aliphatic heterocycles. The van der Waals surface area contributed by atoms with Crippen LogP contribution in [-0.4, -0.2) is 46.5 Å². The number of nitrogens with two attached hydrogens (primary N) is 2. The summed E-state index contributed by atoms with van der Waals surface area (Å²) in [4.78, 5) is 4.56. The monoisotopic (exact) mass is 312 g/mol. The van der Waals surface area contributed by atoms with E-state index in [4.69, 9.17) is 10.9 Å². The number of hydrogen-bond acceptors (Lipinski definition) is 5. The van der Waals surface area contributed by atoms with Gasteiger partial charge in [0, 0.05) is 31.5 Å². The van der Waals surface area contributed by atoms with Gasteiger partial charge in [-0.25, -0.2) is 13.6 Å². The number of nitrogen functional groups attached to an aromatic ring is 1. The first-order chi connectivity index (χ1) is 9.79. The largest absolute Gasteiger partial charge is 0.399 e. The average molecular weight is 312 g/mol. The predicted octanol–water partition coefficient (Wildman–Crippen LogP) is 0.757. The van der Waals surface area contributed by atoms with E-state index in [-0.39, 0.29) is 4.90 Å². The lowest BCUT2D eigenvalue weighted by atomic mass is 10.1. The Morgan fingerprint density at radius 1 is 1.29 bits per heavy atom. The fourth-order valence-corrected chi connectivity index (χ4v) is 3.64. The van der Waals surface area contributed by atoms with Gasteiger partial charge in [-0.15, -0.1) is 0 Å². The summed E-state index contributed by atoms with van der Waals surface area (Å²) in [7, 11) is -1.81. The Morgan fingerprint density at radius 3 is 2.48 bits per heavy atom. The summed E-state index contributed by atoms with van der Waals surface area (Å²) >= 11 is 0. The van der Waals surface area contributed by atoms with E-state index < -0.39 is 10.0 Å². The van der Waals surface area contributed by atoms with E-state index in [9.17, 15) is 8.42 Å². The van der Waals surface area contributed by atoms with Crippen LogP contribution >= 0.6 is 0 Å². The van der Waals surface area contributed by atoms with Crippen LogP contribution in [-0.2, 0) is 10.0 Å². The molecule has 1 aliphatic rings.